The molecular formula is C24H31FN2O3S. The van der Waals surface area contributed by atoms with Crippen molar-refractivity contribution < 1.29 is 17.6 Å². The summed E-state index contributed by atoms with van der Waals surface area (Å²) in [5.41, 5.74) is 4.07. The molecule has 1 atom stereocenters. The van der Waals surface area contributed by atoms with Gasteiger partial charge in [0.2, 0.25) is 15.9 Å². The number of carbonyl (C=O) groups excluding carboxylic acids is 1. The van der Waals surface area contributed by atoms with E-state index in [-0.39, 0.29) is 29.4 Å². The number of sulfonamides is 1. The lowest BCUT2D eigenvalue weighted by molar-refractivity contribution is -0.126. The first kappa shape index (κ1) is 23.4. The van der Waals surface area contributed by atoms with E-state index >= 15 is 0 Å². The molecule has 0 spiro atoms. The Morgan fingerprint density at radius 1 is 1.10 bits per heavy atom. The number of hydrogen-bond donors (Lipinski definition) is 1. The zero-order valence-electron chi connectivity index (χ0n) is 18.4. The minimum atomic E-state index is -3.50. The number of halogens is 1. The molecule has 1 fully saturated rings. The smallest absolute Gasteiger partial charge is 0.223 e. The molecule has 168 valence electrons. The fourth-order valence-electron chi connectivity index (χ4n) is 3.97. The minimum absolute atomic E-state index is 0.0133. The largest absolute Gasteiger partial charge is 0.349 e. The molecule has 0 bridgehead atoms. The lowest BCUT2D eigenvalue weighted by Gasteiger charge is -2.31. The molecule has 1 heterocycles. The number of carbonyl (C=O) groups is 1. The number of rotatable bonds is 7. The zero-order valence-corrected chi connectivity index (χ0v) is 19.2. The Labute approximate surface area is 184 Å². The third-order valence-corrected chi connectivity index (χ3v) is 7.99. The molecule has 1 amide bonds. The Morgan fingerprint density at radius 2 is 1.74 bits per heavy atom. The van der Waals surface area contributed by atoms with Gasteiger partial charge >= 0.3 is 0 Å². The van der Waals surface area contributed by atoms with Crippen LogP contribution in [0.15, 0.2) is 42.5 Å². The van der Waals surface area contributed by atoms with E-state index < -0.39 is 10.0 Å². The van der Waals surface area contributed by atoms with Crippen LogP contribution in [0.1, 0.15) is 54.5 Å². The number of nitrogens with zero attached hydrogens (tertiary/aromatic N) is 1. The molecular weight excluding hydrogens is 415 g/mol. The number of amides is 1. The van der Waals surface area contributed by atoms with Crippen LogP contribution in [0.3, 0.4) is 0 Å². The molecule has 31 heavy (non-hydrogen) atoms. The molecule has 0 aliphatic carbocycles. The van der Waals surface area contributed by atoms with Gasteiger partial charge in [-0.2, -0.15) is 0 Å². The van der Waals surface area contributed by atoms with E-state index in [1.165, 1.54) is 39.7 Å². The second-order valence-electron chi connectivity index (χ2n) is 8.37. The van der Waals surface area contributed by atoms with E-state index in [4.69, 9.17) is 0 Å². The van der Waals surface area contributed by atoms with Crippen LogP contribution in [0.2, 0.25) is 0 Å². The Kier molecular flexibility index (Phi) is 7.49. The molecule has 1 aliphatic rings. The lowest BCUT2D eigenvalue weighted by atomic mass is 9.95. The lowest BCUT2D eigenvalue weighted by Crippen LogP contribution is -2.44. The van der Waals surface area contributed by atoms with Gasteiger partial charge in [-0.1, -0.05) is 37.3 Å². The highest BCUT2D eigenvalue weighted by atomic mass is 32.2. The van der Waals surface area contributed by atoms with Gasteiger partial charge in [-0.05, 0) is 67.5 Å². The Bertz CT molecular complexity index is 1010. The van der Waals surface area contributed by atoms with Crippen LogP contribution in [0.5, 0.6) is 0 Å². The zero-order chi connectivity index (χ0) is 22.6. The second-order valence-corrected chi connectivity index (χ2v) is 10.3. The minimum Gasteiger partial charge on any atom is -0.349 e. The first-order valence-electron chi connectivity index (χ1n) is 10.8. The predicted molar refractivity (Wildman–Crippen MR) is 120 cm³/mol. The van der Waals surface area contributed by atoms with Crippen molar-refractivity contribution in [2.45, 2.75) is 51.8 Å². The summed E-state index contributed by atoms with van der Waals surface area (Å²) in [6.07, 6.45) is 1.79. The van der Waals surface area contributed by atoms with Crippen molar-refractivity contribution in [1.29, 1.82) is 0 Å². The fraction of sp³-hybridized carbons (Fsp3) is 0.458. The Morgan fingerprint density at radius 3 is 2.32 bits per heavy atom. The van der Waals surface area contributed by atoms with Gasteiger partial charge in [0, 0.05) is 19.0 Å². The monoisotopic (exact) mass is 446 g/mol. The number of hydrogen-bond acceptors (Lipinski definition) is 3. The summed E-state index contributed by atoms with van der Waals surface area (Å²) in [5.74, 6) is -0.757. The van der Waals surface area contributed by atoms with E-state index in [9.17, 15) is 17.6 Å². The van der Waals surface area contributed by atoms with Gasteiger partial charge < -0.3 is 5.32 Å². The van der Waals surface area contributed by atoms with Gasteiger partial charge in [0.1, 0.15) is 5.82 Å². The summed E-state index contributed by atoms with van der Waals surface area (Å²) in [7, 11) is -3.50. The van der Waals surface area contributed by atoms with Crippen LogP contribution in [-0.4, -0.2) is 31.7 Å². The molecule has 1 saturated heterocycles. The van der Waals surface area contributed by atoms with Gasteiger partial charge in [-0.15, -0.1) is 0 Å². The SMILES string of the molecule is CC[C@H](NC(=O)C1CCN(S(=O)(=O)Cc2ccc(F)cc2)CC1)c1ccc(C)c(C)c1. The van der Waals surface area contributed by atoms with Crippen LogP contribution >= 0.6 is 0 Å². The highest BCUT2D eigenvalue weighted by Gasteiger charge is 2.32. The molecule has 0 unspecified atom stereocenters. The van der Waals surface area contributed by atoms with E-state index in [0.29, 0.717) is 31.5 Å². The molecule has 1 N–H and O–H groups in total. The molecule has 5 nitrogen and oxygen atoms in total. The van der Waals surface area contributed by atoms with Crippen LogP contribution in [0, 0.1) is 25.6 Å². The van der Waals surface area contributed by atoms with Crippen molar-refractivity contribution in [3.8, 4) is 0 Å². The van der Waals surface area contributed by atoms with Crippen molar-refractivity contribution in [2.24, 2.45) is 5.92 Å². The maximum atomic E-state index is 13.1. The number of nitrogens with one attached hydrogen (secondary N) is 1. The van der Waals surface area contributed by atoms with Crippen molar-refractivity contribution in [3.63, 3.8) is 0 Å². The maximum Gasteiger partial charge on any atom is 0.223 e. The topological polar surface area (TPSA) is 66.5 Å². The van der Waals surface area contributed by atoms with Crippen molar-refractivity contribution >= 4 is 15.9 Å². The molecule has 0 radical (unpaired) electrons. The summed E-state index contributed by atoms with van der Waals surface area (Å²) in [6.45, 7) is 6.82. The molecule has 2 aromatic carbocycles. The number of aryl methyl sites for hydroxylation is 2. The Hall–Kier alpha value is -2.25. The first-order valence-corrected chi connectivity index (χ1v) is 12.4. The summed E-state index contributed by atoms with van der Waals surface area (Å²) in [4.78, 5) is 12.9. The molecule has 0 aromatic heterocycles. The number of piperidine rings is 1. The van der Waals surface area contributed by atoms with E-state index in [1.807, 2.05) is 6.92 Å². The van der Waals surface area contributed by atoms with Crippen LogP contribution in [-0.2, 0) is 20.6 Å². The highest BCUT2D eigenvalue weighted by Crippen LogP contribution is 2.25. The maximum absolute atomic E-state index is 13.1. The average molecular weight is 447 g/mol. The van der Waals surface area contributed by atoms with Gasteiger partial charge in [0.15, 0.2) is 0 Å². The van der Waals surface area contributed by atoms with E-state index in [0.717, 1.165) is 12.0 Å². The average Bonchev–Trinajstić information content (AvgIpc) is 2.75. The van der Waals surface area contributed by atoms with Crippen LogP contribution < -0.4 is 5.32 Å². The van der Waals surface area contributed by atoms with Crippen LogP contribution in [0.4, 0.5) is 4.39 Å². The van der Waals surface area contributed by atoms with Gasteiger partial charge in [0.05, 0.1) is 11.8 Å². The third-order valence-electron chi connectivity index (χ3n) is 6.14. The van der Waals surface area contributed by atoms with Crippen LogP contribution in [0.25, 0.3) is 0 Å². The summed E-state index contributed by atoms with van der Waals surface area (Å²) in [5, 5.41) is 3.16. The van der Waals surface area contributed by atoms with Gasteiger partial charge in [0.25, 0.3) is 0 Å². The summed E-state index contributed by atoms with van der Waals surface area (Å²) in [6, 6.07) is 11.7. The van der Waals surface area contributed by atoms with Gasteiger partial charge in [-0.3, -0.25) is 4.79 Å². The molecule has 2 aromatic rings. The van der Waals surface area contributed by atoms with Crippen molar-refractivity contribution in [2.75, 3.05) is 13.1 Å². The summed E-state index contributed by atoms with van der Waals surface area (Å²) < 4.78 is 39.9. The standard InChI is InChI=1S/C24H31FN2O3S/c1-4-23(21-8-5-17(2)18(3)15-21)26-24(28)20-11-13-27(14-12-20)31(29,30)16-19-6-9-22(25)10-7-19/h5-10,15,20,23H,4,11-14,16H2,1-3H3,(H,26,28)/t23-/m0/s1. The third kappa shape index (κ3) is 5.92. The van der Waals surface area contributed by atoms with E-state index in [2.05, 4.69) is 37.4 Å². The number of benzene rings is 2. The normalized spacial score (nSPS) is 16.8. The molecule has 1 aliphatic heterocycles. The fourth-order valence-corrected chi connectivity index (χ4v) is 5.53. The predicted octanol–water partition coefficient (Wildman–Crippen LogP) is 4.25. The molecule has 7 heteroatoms. The molecule has 3 rings (SSSR count). The second kappa shape index (κ2) is 9.92. The quantitative estimate of drug-likeness (QED) is 0.691. The summed E-state index contributed by atoms with van der Waals surface area (Å²) >= 11 is 0. The first-order chi connectivity index (χ1) is 14.7. The highest BCUT2D eigenvalue weighted by molar-refractivity contribution is 7.88. The molecule has 0 saturated carbocycles. The van der Waals surface area contributed by atoms with E-state index in [1.54, 1.807) is 0 Å². The van der Waals surface area contributed by atoms with Crippen molar-refractivity contribution in [1.82, 2.24) is 9.62 Å². The Balaban J connectivity index is 1.57. The van der Waals surface area contributed by atoms with Gasteiger partial charge in [-0.25, -0.2) is 17.1 Å². The van der Waals surface area contributed by atoms with Crippen molar-refractivity contribution in [3.05, 3.63) is 70.5 Å².